The number of nitrogen functional groups attached to an aromatic ring is 1. The van der Waals surface area contributed by atoms with E-state index in [1.165, 1.54) is 0 Å². The summed E-state index contributed by atoms with van der Waals surface area (Å²) >= 11 is 0. The Bertz CT molecular complexity index is 508. The Labute approximate surface area is 107 Å². The van der Waals surface area contributed by atoms with Crippen molar-refractivity contribution in [3.8, 4) is 11.5 Å². The predicted octanol–water partition coefficient (Wildman–Crippen LogP) is 3.42. The van der Waals surface area contributed by atoms with Crippen molar-refractivity contribution in [2.75, 3.05) is 12.8 Å². The zero-order valence-electron chi connectivity index (χ0n) is 10.6. The molecule has 0 aliphatic carbocycles. The highest BCUT2D eigenvalue weighted by molar-refractivity contribution is 5.41. The summed E-state index contributed by atoms with van der Waals surface area (Å²) in [7, 11) is 1.64. The largest absolute Gasteiger partial charge is 0.497 e. The van der Waals surface area contributed by atoms with Gasteiger partial charge in [-0.05, 0) is 48.9 Å². The van der Waals surface area contributed by atoms with Crippen molar-refractivity contribution in [3.05, 3.63) is 54.1 Å². The summed E-state index contributed by atoms with van der Waals surface area (Å²) in [5.74, 6) is 1.63. The van der Waals surface area contributed by atoms with Gasteiger partial charge in [-0.25, -0.2) is 0 Å². The first-order chi connectivity index (χ1) is 8.69. The summed E-state index contributed by atoms with van der Waals surface area (Å²) in [5.41, 5.74) is 7.56. The van der Waals surface area contributed by atoms with E-state index in [1.54, 1.807) is 7.11 Å². The molecule has 1 atom stereocenters. The summed E-state index contributed by atoms with van der Waals surface area (Å²) in [6.45, 7) is 2.00. The summed E-state index contributed by atoms with van der Waals surface area (Å²) in [6.07, 6.45) is -0.0399. The van der Waals surface area contributed by atoms with Crippen LogP contribution in [-0.4, -0.2) is 7.11 Å². The lowest BCUT2D eigenvalue weighted by molar-refractivity contribution is 0.226. The van der Waals surface area contributed by atoms with Gasteiger partial charge >= 0.3 is 0 Å². The Hall–Kier alpha value is -2.16. The van der Waals surface area contributed by atoms with Crippen LogP contribution in [-0.2, 0) is 0 Å². The van der Waals surface area contributed by atoms with Crippen molar-refractivity contribution in [2.45, 2.75) is 13.0 Å². The summed E-state index contributed by atoms with van der Waals surface area (Å²) in [6, 6.07) is 15.3. The summed E-state index contributed by atoms with van der Waals surface area (Å²) in [4.78, 5) is 0. The predicted molar refractivity (Wildman–Crippen MR) is 72.9 cm³/mol. The molecule has 0 bridgehead atoms. The van der Waals surface area contributed by atoms with E-state index in [-0.39, 0.29) is 6.10 Å². The minimum absolute atomic E-state index is 0.0399. The van der Waals surface area contributed by atoms with Gasteiger partial charge in [0.1, 0.15) is 17.6 Å². The SMILES string of the molecule is COc1ccc(OC(C)c2cccc(N)c2)cc1. The molecule has 0 aliphatic rings. The number of anilines is 1. The Balaban J connectivity index is 2.08. The molecule has 94 valence electrons. The molecule has 2 N–H and O–H groups in total. The second-order valence-corrected chi connectivity index (χ2v) is 4.11. The minimum Gasteiger partial charge on any atom is -0.497 e. The molecule has 0 saturated carbocycles. The van der Waals surface area contributed by atoms with Crippen molar-refractivity contribution in [1.82, 2.24) is 0 Å². The van der Waals surface area contributed by atoms with Crippen LogP contribution in [0.15, 0.2) is 48.5 Å². The Morgan fingerprint density at radius 3 is 2.28 bits per heavy atom. The molecule has 18 heavy (non-hydrogen) atoms. The second kappa shape index (κ2) is 5.45. The van der Waals surface area contributed by atoms with Crippen LogP contribution < -0.4 is 15.2 Å². The molecule has 0 fully saturated rings. The zero-order chi connectivity index (χ0) is 13.0. The maximum absolute atomic E-state index is 5.84. The van der Waals surface area contributed by atoms with E-state index in [4.69, 9.17) is 15.2 Å². The van der Waals surface area contributed by atoms with E-state index < -0.39 is 0 Å². The van der Waals surface area contributed by atoms with E-state index in [0.29, 0.717) is 0 Å². The van der Waals surface area contributed by atoms with Gasteiger partial charge in [0.05, 0.1) is 7.11 Å². The second-order valence-electron chi connectivity index (χ2n) is 4.11. The molecule has 2 aromatic carbocycles. The molecule has 0 heterocycles. The number of benzene rings is 2. The Morgan fingerprint density at radius 1 is 1.00 bits per heavy atom. The van der Waals surface area contributed by atoms with Crippen LogP contribution in [0.4, 0.5) is 5.69 Å². The molecular weight excluding hydrogens is 226 g/mol. The van der Waals surface area contributed by atoms with Gasteiger partial charge in [0.15, 0.2) is 0 Å². The number of rotatable bonds is 4. The zero-order valence-corrected chi connectivity index (χ0v) is 10.6. The lowest BCUT2D eigenvalue weighted by atomic mass is 10.1. The van der Waals surface area contributed by atoms with Crippen molar-refractivity contribution >= 4 is 5.69 Å². The minimum atomic E-state index is -0.0399. The third kappa shape index (κ3) is 2.94. The quantitative estimate of drug-likeness (QED) is 0.837. The van der Waals surface area contributed by atoms with Crippen LogP contribution in [0.3, 0.4) is 0 Å². The van der Waals surface area contributed by atoms with Crippen molar-refractivity contribution in [2.24, 2.45) is 0 Å². The van der Waals surface area contributed by atoms with Crippen molar-refractivity contribution in [1.29, 1.82) is 0 Å². The number of hydrogen-bond donors (Lipinski definition) is 1. The van der Waals surface area contributed by atoms with Gasteiger partial charge in [0, 0.05) is 5.69 Å². The molecule has 0 amide bonds. The smallest absolute Gasteiger partial charge is 0.121 e. The van der Waals surface area contributed by atoms with Gasteiger partial charge < -0.3 is 15.2 Å². The molecule has 3 heteroatoms. The van der Waals surface area contributed by atoms with Crippen molar-refractivity contribution < 1.29 is 9.47 Å². The molecule has 0 spiro atoms. The molecule has 0 saturated heterocycles. The number of hydrogen-bond acceptors (Lipinski definition) is 3. The molecule has 3 nitrogen and oxygen atoms in total. The molecule has 2 aromatic rings. The molecular formula is C15H17NO2. The topological polar surface area (TPSA) is 44.5 Å². The lowest BCUT2D eigenvalue weighted by Gasteiger charge is -2.15. The van der Waals surface area contributed by atoms with Gasteiger partial charge in [0.2, 0.25) is 0 Å². The maximum Gasteiger partial charge on any atom is 0.121 e. The number of ether oxygens (including phenoxy) is 2. The fourth-order valence-electron chi connectivity index (χ4n) is 1.74. The van der Waals surface area contributed by atoms with Crippen LogP contribution in [0.5, 0.6) is 11.5 Å². The fourth-order valence-corrected chi connectivity index (χ4v) is 1.74. The lowest BCUT2D eigenvalue weighted by Crippen LogP contribution is -2.03. The monoisotopic (exact) mass is 243 g/mol. The Kier molecular flexibility index (Phi) is 3.72. The first kappa shape index (κ1) is 12.3. The van der Waals surface area contributed by atoms with Crippen LogP contribution in [0.25, 0.3) is 0 Å². The highest BCUT2D eigenvalue weighted by atomic mass is 16.5. The molecule has 2 rings (SSSR count). The van der Waals surface area contributed by atoms with Gasteiger partial charge in [-0.3, -0.25) is 0 Å². The molecule has 0 aromatic heterocycles. The third-order valence-corrected chi connectivity index (χ3v) is 2.75. The average molecular weight is 243 g/mol. The van der Waals surface area contributed by atoms with E-state index in [2.05, 4.69) is 0 Å². The average Bonchev–Trinajstić information content (AvgIpc) is 2.39. The van der Waals surface area contributed by atoms with Crippen LogP contribution >= 0.6 is 0 Å². The summed E-state index contributed by atoms with van der Waals surface area (Å²) in [5, 5.41) is 0. The molecule has 1 unspecified atom stereocenters. The van der Waals surface area contributed by atoms with Crippen LogP contribution in [0.1, 0.15) is 18.6 Å². The van der Waals surface area contributed by atoms with E-state index >= 15 is 0 Å². The molecule has 0 aliphatic heterocycles. The van der Waals surface area contributed by atoms with E-state index in [9.17, 15) is 0 Å². The number of methoxy groups -OCH3 is 1. The van der Waals surface area contributed by atoms with Crippen LogP contribution in [0.2, 0.25) is 0 Å². The van der Waals surface area contributed by atoms with Gasteiger partial charge in [0.25, 0.3) is 0 Å². The highest BCUT2D eigenvalue weighted by Crippen LogP contribution is 2.24. The normalized spacial score (nSPS) is 11.9. The first-order valence-electron chi connectivity index (χ1n) is 5.85. The fraction of sp³-hybridized carbons (Fsp3) is 0.200. The van der Waals surface area contributed by atoms with E-state index in [1.807, 2.05) is 55.5 Å². The third-order valence-electron chi connectivity index (χ3n) is 2.75. The van der Waals surface area contributed by atoms with Gasteiger partial charge in [-0.15, -0.1) is 0 Å². The molecule has 0 radical (unpaired) electrons. The standard InChI is InChI=1S/C15H17NO2/c1-11(12-4-3-5-13(16)10-12)18-15-8-6-14(17-2)7-9-15/h3-11H,16H2,1-2H3. The Morgan fingerprint density at radius 2 is 1.67 bits per heavy atom. The number of nitrogens with two attached hydrogens (primary N) is 1. The first-order valence-corrected chi connectivity index (χ1v) is 5.85. The van der Waals surface area contributed by atoms with Gasteiger partial charge in [-0.1, -0.05) is 12.1 Å². The highest BCUT2D eigenvalue weighted by Gasteiger charge is 2.07. The van der Waals surface area contributed by atoms with E-state index in [0.717, 1.165) is 22.7 Å². The van der Waals surface area contributed by atoms with Crippen molar-refractivity contribution in [3.63, 3.8) is 0 Å². The summed E-state index contributed by atoms with van der Waals surface area (Å²) < 4.78 is 10.9. The maximum atomic E-state index is 5.84. The van der Waals surface area contributed by atoms with Gasteiger partial charge in [-0.2, -0.15) is 0 Å². The van der Waals surface area contributed by atoms with Crippen LogP contribution in [0, 0.1) is 0 Å².